The third-order valence-electron chi connectivity index (χ3n) is 2.94. The van der Waals surface area contributed by atoms with E-state index >= 15 is 0 Å². The van der Waals surface area contributed by atoms with Crippen LogP contribution in [0.2, 0.25) is 0 Å². The van der Waals surface area contributed by atoms with Crippen LogP contribution in [0.25, 0.3) is 0 Å². The lowest BCUT2D eigenvalue weighted by Gasteiger charge is -2.11. The van der Waals surface area contributed by atoms with E-state index in [1.807, 2.05) is 0 Å². The summed E-state index contributed by atoms with van der Waals surface area (Å²) in [6.07, 6.45) is 0.390. The largest absolute Gasteiger partial charge is 0.484 e. The second-order valence-corrected chi connectivity index (χ2v) is 4.78. The van der Waals surface area contributed by atoms with Crippen LogP contribution >= 0.6 is 0 Å². The third-order valence-corrected chi connectivity index (χ3v) is 2.94. The van der Waals surface area contributed by atoms with E-state index in [0.717, 1.165) is 0 Å². The average molecular weight is 318 g/mol. The second-order valence-electron chi connectivity index (χ2n) is 4.78. The van der Waals surface area contributed by atoms with Crippen LogP contribution in [0.4, 0.5) is 5.69 Å². The molecule has 1 aromatic heterocycles. The molecule has 122 valence electrons. The van der Waals surface area contributed by atoms with E-state index in [9.17, 15) is 9.59 Å². The number of ether oxygens (including phenoxy) is 1. The molecule has 0 aliphatic carbocycles. The van der Waals surface area contributed by atoms with Gasteiger partial charge in [0.25, 0.3) is 5.91 Å². The van der Waals surface area contributed by atoms with Gasteiger partial charge in [0.15, 0.2) is 12.4 Å². The van der Waals surface area contributed by atoms with Crippen molar-refractivity contribution >= 4 is 17.5 Å². The number of anilines is 1. The lowest BCUT2D eigenvalue weighted by atomic mass is 10.3. The normalized spacial score (nSPS) is 11.6. The Balaban J connectivity index is 1.84. The number of carbonyl (C=O) groups is 2. The molecule has 3 N–H and O–H groups in total. The highest BCUT2D eigenvalue weighted by atomic mass is 16.5. The Morgan fingerprint density at radius 1 is 1.35 bits per heavy atom. The number of nitrogens with one attached hydrogen (secondary N) is 3. The fourth-order valence-electron chi connectivity index (χ4n) is 1.76. The number of H-pyrrole nitrogens is 1. The number of amides is 2. The van der Waals surface area contributed by atoms with Crippen molar-refractivity contribution in [3.63, 3.8) is 0 Å². The number of hydrogen-bond acceptors (Lipinski definition) is 6. The van der Waals surface area contributed by atoms with Crippen molar-refractivity contribution in [3.8, 4) is 5.75 Å². The maximum atomic E-state index is 11.8. The summed E-state index contributed by atoms with van der Waals surface area (Å²) in [6, 6.07) is 6.47. The Morgan fingerprint density at radius 3 is 2.87 bits per heavy atom. The van der Waals surface area contributed by atoms with Crippen molar-refractivity contribution in [1.82, 2.24) is 25.9 Å². The molecule has 0 saturated heterocycles. The fourth-order valence-corrected chi connectivity index (χ4v) is 1.76. The molecular formula is C14H18N6O3. The number of nitrogens with zero attached hydrogens (tertiary/aromatic N) is 3. The summed E-state index contributed by atoms with van der Waals surface area (Å²) in [7, 11) is 0. The molecule has 1 aromatic carbocycles. The molecule has 1 heterocycles. The van der Waals surface area contributed by atoms with Crippen molar-refractivity contribution < 1.29 is 14.3 Å². The van der Waals surface area contributed by atoms with Crippen LogP contribution in [0.15, 0.2) is 24.3 Å². The topological polar surface area (TPSA) is 122 Å². The zero-order valence-corrected chi connectivity index (χ0v) is 12.9. The molecule has 2 aromatic rings. The number of benzene rings is 1. The molecule has 2 amide bonds. The predicted octanol–water partition coefficient (Wildman–Crippen LogP) is 0.804. The summed E-state index contributed by atoms with van der Waals surface area (Å²) >= 11 is 0. The highest BCUT2D eigenvalue weighted by Gasteiger charge is 2.13. The molecule has 0 bridgehead atoms. The Labute approximate surface area is 132 Å². The zero-order chi connectivity index (χ0) is 16.7. The monoisotopic (exact) mass is 318 g/mol. The van der Waals surface area contributed by atoms with Crippen LogP contribution in [-0.2, 0) is 9.59 Å². The Bertz CT molecular complexity index is 658. The molecule has 0 fully saturated rings. The molecule has 0 saturated carbocycles. The first-order valence-electron chi connectivity index (χ1n) is 7.14. The van der Waals surface area contributed by atoms with E-state index in [0.29, 0.717) is 23.7 Å². The Hall–Kier alpha value is -2.97. The lowest BCUT2D eigenvalue weighted by Crippen LogP contribution is -2.31. The van der Waals surface area contributed by atoms with Gasteiger partial charge in [-0.15, -0.1) is 10.2 Å². The number of aromatic amines is 1. The van der Waals surface area contributed by atoms with Crippen LogP contribution in [-0.4, -0.2) is 39.0 Å². The van der Waals surface area contributed by atoms with Gasteiger partial charge < -0.3 is 15.4 Å². The molecule has 1 unspecified atom stereocenters. The summed E-state index contributed by atoms with van der Waals surface area (Å²) in [4.78, 5) is 23.2. The van der Waals surface area contributed by atoms with E-state index in [2.05, 4.69) is 31.3 Å². The highest BCUT2D eigenvalue weighted by Crippen LogP contribution is 2.17. The van der Waals surface area contributed by atoms with E-state index in [1.165, 1.54) is 0 Å². The van der Waals surface area contributed by atoms with Gasteiger partial charge in [0, 0.05) is 18.2 Å². The summed E-state index contributed by atoms with van der Waals surface area (Å²) in [6.45, 7) is 3.35. The van der Waals surface area contributed by atoms with Crippen LogP contribution < -0.4 is 15.4 Å². The van der Waals surface area contributed by atoms with Crippen molar-refractivity contribution in [2.24, 2.45) is 0 Å². The Kier molecular flexibility index (Phi) is 5.61. The van der Waals surface area contributed by atoms with Crippen molar-refractivity contribution in [2.75, 3.05) is 11.9 Å². The SMILES string of the molecule is CCC(=O)Nc1cccc(OCC(=O)NC(C)c2nn[nH]n2)c1. The third kappa shape index (κ3) is 5.06. The number of aromatic nitrogens is 4. The summed E-state index contributed by atoms with van der Waals surface area (Å²) < 4.78 is 5.41. The number of tetrazole rings is 1. The first kappa shape index (κ1) is 16.4. The second kappa shape index (κ2) is 7.87. The smallest absolute Gasteiger partial charge is 0.258 e. The van der Waals surface area contributed by atoms with Crippen LogP contribution in [0.1, 0.15) is 32.1 Å². The molecule has 0 radical (unpaired) electrons. The minimum Gasteiger partial charge on any atom is -0.484 e. The van der Waals surface area contributed by atoms with Crippen LogP contribution in [0, 0.1) is 0 Å². The zero-order valence-electron chi connectivity index (χ0n) is 12.9. The fraction of sp³-hybridized carbons (Fsp3) is 0.357. The van der Waals surface area contributed by atoms with Gasteiger partial charge in [-0.1, -0.05) is 18.2 Å². The minimum absolute atomic E-state index is 0.0890. The van der Waals surface area contributed by atoms with Gasteiger partial charge in [0.1, 0.15) is 5.75 Å². The summed E-state index contributed by atoms with van der Waals surface area (Å²) in [5.41, 5.74) is 0.620. The average Bonchev–Trinajstić information content (AvgIpc) is 3.08. The van der Waals surface area contributed by atoms with Crippen molar-refractivity contribution in [2.45, 2.75) is 26.3 Å². The summed E-state index contributed by atoms with van der Waals surface area (Å²) in [5.74, 6) is 0.475. The van der Waals surface area contributed by atoms with Gasteiger partial charge in [-0.2, -0.15) is 5.21 Å². The van der Waals surface area contributed by atoms with Crippen LogP contribution in [0.3, 0.4) is 0 Å². The minimum atomic E-state index is -0.375. The number of rotatable bonds is 7. The van der Waals surface area contributed by atoms with Crippen LogP contribution in [0.5, 0.6) is 5.75 Å². The maximum Gasteiger partial charge on any atom is 0.258 e. The van der Waals surface area contributed by atoms with E-state index in [-0.39, 0.29) is 24.5 Å². The van der Waals surface area contributed by atoms with Gasteiger partial charge in [0.05, 0.1) is 6.04 Å². The standard InChI is InChI=1S/C14H18N6O3/c1-3-12(21)16-10-5-4-6-11(7-10)23-8-13(22)15-9(2)14-17-19-20-18-14/h4-7,9H,3,8H2,1-2H3,(H,15,22)(H,16,21)(H,17,18,19,20). The maximum absolute atomic E-state index is 11.8. The molecule has 23 heavy (non-hydrogen) atoms. The molecular weight excluding hydrogens is 300 g/mol. The first-order chi connectivity index (χ1) is 11.1. The molecule has 9 nitrogen and oxygen atoms in total. The van der Waals surface area contributed by atoms with Gasteiger partial charge in [0.2, 0.25) is 5.91 Å². The van der Waals surface area contributed by atoms with E-state index in [4.69, 9.17) is 4.74 Å². The quantitative estimate of drug-likeness (QED) is 0.694. The number of hydrogen-bond donors (Lipinski definition) is 3. The summed E-state index contributed by atoms with van der Waals surface area (Å²) in [5, 5.41) is 18.7. The van der Waals surface area contributed by atoms with Gasteiger partial charge in [-0.3, -0.25) is 9.59 Å². The van der Waals surface area contributed by atoms with Crippen molar-refractivity contribution in [1.29, 1.82) is 0 Å². The van der Waals surface area contributed by atoms with Gasteiger partial charge in [-0.25, -0.2) is 0 Å². The molecule has 9 heteroatoms. The van der Waals surface area contributed by atoms with Crippen molar-refractivity contribution in [3.05, 3.63) is 30.1 Å². The molecule has 1 atom stereocenters. The van der Waals surface area contributed by atoms with E-state index in [1.54, 1.807) is 38.1 Å². The van der Waals surface area contributed by atoms with Gasteiger partial charge >= 0.3 is 0 Å². The highest BCUT2D eigenvalue weighted by molar-refractivity contribution is 5.90. The first-order valence-corrected chi connectivity index (χ1v) is 7.14. The van der Waals surface area contributed by atoms with E-state index < -0.39 is 0 Å². The lowest BCUT2D eigenvalue weighted by molar-refractivity contribution is -0.123. The molecule has 2 rings (SSSR count). The Morgan fingerprint density at radius 2 is 2.17 bits per heavy atom. The molecule has 0 aliphatic rings. The molecule has 0 aliphatic heterocycles. The van der Waals surface area contributed by atoms with Gasteiger partial charge in [-0.05, 0) is 19.1 Å². The predicted molar refractivity (Wildman–Crippen MR) is 81.6 cm³/mol. The number of carbonyl (C=O) groups excluding carboxylic acids is 2. The molecule has 0 spiro atoms.